The summed E-state index contributed by atoms with van der Waals surface area (Å²) in [5.74, 6) is -0.203. The average Bonchev–Trinajstić information content (AvgIpc) is 3.31. The van der Waals surface area contributed by atoms with Crippen molar-refractivity contribution in [3.63, 3.8) is 0 Å². The number of hydrogen-bond acceptors (Lipinski definition) is 6. The molecule has 3 heterocycles. The summed E-state index contributed by atoms with van der Waals surface area (Å²) in [5, 5.41) is 18.1. The van der Waals surface area contributed by atoms with Gasteiger partial charge in [-0.1, -0.05) is 19.9 Å². The van der Waals surface area contributed by atoms with Crippen molar-refractivity contribution in [1.29, 1.82) is 5.26 Å². The van der Waals surface area contributed by atoms with E-state index in [2.05, 4.69) is 33.4 Å². The predicted octanol–water partition coefficient (Wildman–Crippen LogP) is 4.67. The van der Waals surface area contributed by atoms with Crippen LogP contribution in [0.25, 0.3) is 16.6 Å². The summed E-state index contributed by atoms with van der Waals surface area (Å²) in [6.45, 7) is 6.34. The Morgan fingerprint density at radius 3 is 2.86 bits per heavy atom. The molecule has 5 rings (SSSR count). The van der Waals surface area contributed by atoms with Crippen molar-refractivity contribution in [3.05, 3.63) is 83.3 Å². The molecule has 4 aromatic rings. The molecule has 1 fully saturated rings. The molecule has 36 heavy (non-hydrogen) atoms. The molecule has 1 aliphatic rings. The fraction of sp³-hybridized carbons (Fsp3) is 0.286. The van der Waals surface area contributed by atoms with Gasteiger partial charge in [0.15, 0.2) is 0 Å². The molecule has 0 spiro atoms. The van der Waals surface area contributed by atoms with Crippen LogP contribution in [0.2, 0.25) is 0 Å². The lowest BCUT2D eigenvalue weighted by Crippen LogP contribution is -2.35. The van der Waals surface area contributed by atoms with Gasteiger partial charge in [0.1, 0.15) is 6.10 Å². The highest BCUT2D eigenvalue weighted by Gasteiger charge is 2.22. The lowest BCUT2D eigenvalue weighted by molar-refractivity contribution is -0.0231. The molecule has 0 saturated carbocycles. The summed E-state index contributed by atoms with van der Waals surface area (Å²) in [4.78, 5) is 20.0. The van der Waals surface area contributed by atoms with E-state index in [-0.39, 0.29) is 17.9 Å². The maximum atomic E-state index is 13.2. The van der Waals surface area contributed by atoms with Gasteiger partial charge in [-0.15, -0.1) is 0 Å². The number of pyridine rings is 1. The fourth-order valence-corrected chi connectivity index (χ4v) is 4.68. The van der Waals surface area contributed by atoms with Crippen LogP contribution >= 0.6 is 0 Å². The third kappa shape index (κ3) is 4.59. The molecule has 182 valence electrons. The summed E-state index contributed by atoms with van der Waals surface area (Å²) in [7, 11) is 2.08. The Morgan fingerprint density at radius 1 is 1.22 bits per heavy atom. The van der Waals surface area contributed by atoms with Gasteiger partial charge in [0.05, 0.1) is 41.3 Å². The maximum absolute atomic E-state index is 13.2. The Labute approximate surface area is 210 Å². The van der Waals surface area contributed by atoms with E-state index in [1.54, 1.807) is 30.6 Å². The van der Waals surface area contributed by atoms with Gasteiger partial charge in [0, 0.05) is 35.9 Å². The van der Waals surface area contributed by atoms with Crippen molar-refractivity contribution in [2.75, 3.05) is 32.1 Å². The zero-order valence-corrected chi connectivity index (χ0v) is 20.6. The number of nitrogens with one attached hydrogen (secondary N) is 1. The van der Waals surface area contributed by atoms with Crippen molar-refractivity contribution in [2.24, 2.45) is 0 Å². The predicted molar refractivity (Wildman–Crippen MR) is 138 cm³/mol. The molecule has 1 aliphatic heterocycles. The number of hydrogen-bond donors (Lipinski definition) is 1. The fourth-order valence-electron chi connectivity index (χ4n) is 4.68. The van der Waals surface area contributed by atoms with E-state index >= 15 is 0 Å². The van der Waals surface area contributed by atoms with Gasteiger partial charge in [-0.05, 0) is 61.0 Å². The SMILES string of the molecule is CC(C)c1c(C#N)cccc1C(=O)Nc1ccc2cnn(-c3ccnc([C@H]4CN(C)CCO4)c3)c2c1. The van der Waals surface area contributed by atoms with Crippen LogP contribution in [0.3, 0.4) is 0 Å². The van der Waals surface area contributed by atoms with Crippen LogP contribution < -0.4 is 5.32 Å². The normalized spacial score (nSPS) is 16.2. The van der Waals surface area contributed by atoms with Crippen LogP contribution in [0.1, 0.15) is 53.0 Å². The second-order valence-electron chi connectivity index (χ2n) is 9.38. The molecular formula is C28H28N6O2. The van der Waals surface area contributed by atoms with Crippen molar-refractivity contribution in [2.45, 2.75) is 25.9 Å². The monoisotopic (exact) mass is 480 g/mol. The highest BCUT2D eigenvalue weighted by Crippen LogP contribution is 2.27. The number of carbonyl (C=O) groups excluding carboxylic acids is 1. The number of likely N-dealkylation sites (N-methyl/N-ethyl adjacent to an activating group) is 1. The van der Waals surface area contributed by atoms with E-state index in [4.69, 9.17) is 4.74 Å². The first kappa shape index (κ1) is 23.7. The van der Waals surface area contributed by atoms with Gasteiger partial charge in [-0.3, -0.25) is 9.78 Å². The first-order valence-corrected chi connectivity index (χ1v) is 12.0. The molecule has 8 nitrogen and oxygen atoms in total. The summed E-state index contributed by atoms with van der Waals surface area (Å²) < 4.78 is 7.79. The van der Waals surface area contributed by atoms with Gasteiger partial charge < -0.3 is 15.0 Å². The van der Waals surface area contributed by atoms with Crippen LogP contribution in [0.15, 0.2) is 60.9 Å². The standard InChI is InChI=1S/C28H28N6O2/c1-18(2)27-19(15-29)5-4-6-23(27)28(35)32-21-8-7-20-16-31-34(25(20)13-21)22-9-10-30-24(14-22)26-17-33(3)11-12-36-26/h4-10,13-14,16,18,26H,11-12,17H2,1-3H3,(H,32,35)/t26-/m1/s1. The van der Waals surface area contributed by atoms with Crippen LogP contribution in [0.5, 0.6) is 0 Å². The lowest BCUT2D eigenvalue weighted by atomic mass is 9.92. The molecular weight excluding hydrogens is 452 g/mol. The number of benzene rings is 2. The summed E-state index contributed by atoms with van der Waals surface area (Å²) in [6, 6.07) is 17.1. The number of anilines is 1. The smallest absolute Gasteiger partial charge is 0.255 e. The largest absolute Gasteiger partial charge is 0.369 e. The van der Waals surface area contributed by atoms with Crippen LogP contribution in [-0.2, 0) is 4.74 Å². The number of rotatable bonds is 5. The summed E-state index contributed by atoms with van der Waals surface area (Å²) >= 11 is 0. The van der Waals surface area contributed by atoms with Crippen molar-refractivity contribution in [3.8, 4) is 11.8 Å². The van der Waals surface area contributed by atoms with Gasteiger partial charge >= 0.3 is 0 Å². The number of fused-ring (bicyclic) bond motifs is 1. The Morgan fingerprint density at radius 2 is 2.08 bits per heavy atom. The van der Waals surface area contributed by atoms with E-state index in [0.29, 0.717) is 23.4 Å². The number of carbonyl (C=O) groups is 1. The number of amides is 1. The Hall–Kier alpha value is -4.06. The molecule has 8 heteroatoms. The minimum Gasteiger partial charge on any atom is -0.369 e. The number of morpholine rings is 1. The summed E-state index contributed by atoms with van der Waals surface area (Å²) in [5.41, 5.74) is 5.04. The molecule has 0 unspecified atom stereocenters. The van der Waals surface area contributed by atoms with Gasteiger partial charge in [0.25, 0.3) is 5.91 Å². The van der Waals surface area contributed by atoms with Crippen LogP contribution in [0, 0.1) is 11.3 Å². The van der Waals surface area contributed by atoms with E-state index in [9.17, 15) is 10.1 Å². The zero-order chi connectivity index (χ0) is 25.2. The quantitative estimate of drug-likeness (QED) is 0.446. The third-order valence-electron chi connectivity index (χ3n) is 6.49. The molecule has 2 aromatic heterocycles. The van der Waals surface area contributed by atoms with Gasteiger partial charge in [-0.25, -0.2) is 4.68 Å². The van der Waals surface area contributed by atoms with Crippen LogP contribution in [0.4, 0.5) is 5.69 Å². The minimum absolute atomic E-state index is 0.0410. The van der Waals surface area contributed by atoms with E-state index in [1.165, 1.54) is 0 Å². The number of nitriles is 1. The molecule has 1 atom stereocenters. The van der Waals surface area contributed by atoms with Gasteiger partial charge in [0.2, 0.25) is 0 Å². The average molecular weight is 481 g/mol. The Kier molecular flexibility index (Phi) is 6.51. The molecule has 0 bridgehead atoms. The van der Waals surface area contributed by atoms with E-state index in [0.717, 1.165) is 40.9 Å². The Balaban J connectivity index is 1.46. The number of nitrogens with zero attached hydrogens (tertiary/aromatic N) is 5. The molecule has 1 amide bonds. The highest BCUT2D eigenvalue weighted by atomic mass is 16.5. The minimum atomic E-state index is -0.244. The lowest BCUT2D eigenvalue weighted by Gasteiger charge is -2.29. The van der Waals surface area contributed by atoms with E-state index < -0.39 is 0 Å². The molecule has 0 radical (unpaired) electrons. The second kappa shape index (κ2) is 9.90. The van der Waals surface area contributed by atoms with Crippen molar-refractivity contribution in [1.82, 2.24) is 19.7 Å². The zero-order valence-electron chi connectivity index (χ0n) is 20.6. The van der Waals surface area contributed by atoms with Crippen molar-refractivity contribution < 1.29 is 9.53 Å². The summed E-state index contributed by atoms with van der Waals surface area (Å²) in [6.07, 6.45) is 3.50. The Bertz CT molecular complexity index is 1470. The van der Waals surface area contributed by atoms with Gasteiger partial charge in [-0.2, -0.15) is 10.4 Å². The molecule has 2 aromatic carbocycles. The maximum Gasteiger partial charge on any atom is 0.255 e. The first-order valence-electron chi connectivity index (χ1n) is 12.0. The first-order chi connectivity index (χ1) is 17.4. The topological polar surface area (TPSA) is 96.1 Å². The van der Waals surface area contributed by atoms with Crippen molar-refractivity contribution >= 4 is 22.5 Å². The number of ether oxygens (including phenoxy) is 1. The number of aromatic nitrogens is 3. The molecule has 1 saturated heterocycles. The highest BCUT2D eigenvalue weighted by molar-refractivity contribution is 6.06. The van der Waals surface area contributed by atoms with Crippen LogP contribution in [-0.4, -0.2) is 52.3 Å². The molecule has 0 aliphatic carbocycles. The van der Waals surface area contributed by atoms with E-state index in [1.807, 2.05) is 48.9 Å². The molecule has 1 N–H and O–H groups in total. The second-order valence-corrected chi connectivity index (χ2v) is 9.38. The third-order valence-corrected chi connectivity index (χ3v) is 6.49.